The maximum Gasteiger partial charge on any atom is 0.111 e. The van der Waals surface area contributed by atoms with Crippen molar-refractivity contribution in [2.75, 3.05) is 19.5 Å². The predicted octanol–water partition coefficient (Wildman–Crippen LogP) is 3.29. The molecule has 0 saturated carbocycles. The molecule has 0 radical (unpaired) electrons. The van der Waals surface area contributed by atoms with Gasteiger partial charge in [-0.1, -0.05) is 24.8 Å². The monoisotopic (exact) mass is 203 g/mol. The summed E-state index contributed by atoms with van der Waals surface area (Å²) in [6.45, 7) is 5.82. The fourth-order valence-corrected chi connectivity index (χ4v) is 1.42. The Bertz CT molecular complexity index is 380. The standard InChI is InChI=1S/C13H17NO/c1-10(9-11(2)15-4)12-7-5-6-8-13(12)14-3/h5-9,14H,2H2,1,3-4H3/b10-9+. The lowest BCUT2D eigenvalue weighted by molar-refractivity contribution is 0.309. The van der Waals surface area contributed by atoms with E-state index in [4.69, 9.17) is 4.74 Å². The van der Waals surface area contributed by atoms with Crippen LogP contribution in [0.4, 0.5) is 5.69 Å². The zero-order chi connectivity index (χ0) is 11.3. The summed E-state index contributed by atoms with van der Waals surface area (Å²) in [6.07, 6.45) is 1.93. The second kappa shape index (κ2) is 5.25. The molecule has 0 amide bonds. The molecular formula is C13H17NO. The first-order valence-corrected chi connectivity index (χ1v) is 4.87. The van der Waals surface area contributed by atoms with Gasteiger partial charge in [0.1, 0.15) is 5.76 Å². The molecule has 2 nitrogen and oxygen atoms in total. The number of anilines is 1. The number of rotatable bonds is 4. The highest BCUT2D eigenvalue weighted by atomic mass is 16.5. The summed E-state index contributed by atoms with van der Waals surface area (Å²) in [6, 6.07) is 8.14. The van der Waals surface area contributed by atoms with Crippen molar-refractivity contribution >= 4 is 11.3 Å². The Hall–Kier alpha value is -1.70. The Kier molecular flexibility index (Phi) is 3.98. The van der Waals surface area contributed by atoms with E-state index in [1.807, 2.05) is 38.2 Å². The van der Waals surface area contributed by atoms with Crippen LogP contribution in [0.25, 0.3) is 5.57 Å². The highest BCUT2D eigenvalue weighted by Crippen LogP contribution is 2.23. The van der Waals surface area contributed by atoms with E-state index in [9.17, 15) is 0 Å². The van der Waals surface area contributed by atoms with Gasteiger partial charge < -0.3 is 10.1 Å². The van der Waals surface area contributed by atoms with E-state index < -0.39 is 0 Å². The van der Waals surface area contributed by atoms with Crippen LogP contribution < -0.4 is 5.32 Å². The summed E-state index contributed by atoms with van der Waals surface area (Å²) in [7, 11) is 3.54. The molecule has 0 spiro atoms. The maximum absolute atomic E-state index is 5.02. The third-order valence-electron chi connectivity index (χ3n) is 2.26. The van der Waals surface area contributed by atoms with Gasteiger partial charge in [-0.05, 0) is 24.6 Å². The van der Waals surface area contributed by atoms with Crippen molar-refractivity contribution in [3.63, 3.8) is 0 Å². The van der Waals surface area contributed by atoms with E-state index >= 15 is 0 Å². The first-order valence-electron chi connectivity index (χ1n) is 4.87. The van der Waals surface area contributed by atoms with E-state index in [0.717, 1.165) is 11.3 Å². The van der Waals surface area contributed by atoms with Gasteiger partial charge in [-0.15, -0.1) is 0 Å². The van der Waals surface area contributed by atoms with Crippen LogP contribution in [0.15, 0.2) is 42.7 Å². The Morgan fingerprint density at radius 2 is 2.07 bits per heavy atom. The number of methoxy groups -OCH3 is 1. The topological polar surface area (TPSA) is 21.3 Å². The summed E-state index contributed by atoms with van der Waals surface area (Å²) in [5, 5.41) is 3.16. The quantitative estimate of drug-likeness (QED) is 0.599. The van der Waals surface area contributed by atoms with E-state index in [2.05, 4.69) is 18.0 Å². The molecule has 0 unspecified atom stereocenters. The van der Waals surface area contributed by atoms with Crippen molar-refractivity contribution < 1.29 is 4.74 Å². The molecule has 1 aromatic rings. The Balaban J connectivity index is 3.05. The van der Waals surface area contributed by atoms with Crippen molar-refractivity contribution in [1.29, 1.82) is 0 Å². The van der Waals surface area contributed by atoms with E-state index in [1.54, 1.807) is 7.11 Å². The lowest BCUT2D eigenvalue weighted by Crippen LogP contribution is -1.93. The van der Waals surface area contributed by atoms with Gasteiger partial charge in [-0.3, -0.25) is 0 Å². The molecule has 1 aromatic carbocycles. The summed E-state index contributed by atoms with van der Waals surface area (Å²) < 4.78 is 5.02. The summed E-state index contributed by atoms with van der Waals surface area (Å²) >= 11 is 0. The minimum Gasteiger partial charge on any atom is -0.497 e. The SMILES string of the molecule is C=C(/C=C(\C)c1ccccc1NC)OC. The predicted molar refractivity (Wildman–Crippen MR) is 65.8 cm³/mol. The largest absolute Gasteiger partial charge is 0.497 e. The lowest BCUT2D eigenvalue weighted by Gasteiger charge is -2.09. The van der Waals surface area contributed by atoms with Crippen LogP contribution in [0, 0.1) is 0 Å². The van der Waals surface area contributed by atoms with Gasteiger partial charge in [0.2, 0.25) is 0 Å². The van der Waals surface area contributed by atoms with Crippen LogP contribution in [0.5, 0.6) is 0 Å². The van der Waals surface area contributed by atoms with Gasteiger partial charge >= 0.3 is 0 Å². The van der Waals surface area contributed by atoms with Crippen molar-refractivity contribution in [3.05, 3.63) is 48.2 Å². The molecule has 15 heavy (non-hydrogen) atoms. The molecule has 2 heteroatoms. The summed E-state index contributed by atoms with van der Waals surface area (Å²) in [5.41, 5.74) is 3.40. The van der Waals surface area contributed by atoms with E-state index in [1.165, 1.54) is 5.56 Å². The van der Waals surface area contributed by atoms with Gasteiger partial charge in [0.15, 0.2) is 0 Å². The Morgan fingerprint density at radius 1 is 1.40 bits per heavy atom. The van der Waals surface area contributed by atoms with Crippen molar-refractivity contribution in [2.24, 2.45) is 0 Å². The third-order valence-corrected chi connectivity index (χ3v) is 2.26. The second-order valence-electron chi connectivity index (χ2n) is 3.29. The first-order chi connectivity index (χ1) is 7.19. The first kappa shape index (κ1) is 11.4. The van der Waals surface area contributed by atoms with E-state index in [-0.39, 0.29) is 0 Å². The van der Waals surface area contributed by atoms with Gasteiger partial charge in [-0.25, -0.2) is 0 Å². The van der Waals surface area contributed by atoms with Crippen LogP contribution in [0.1, 0.15) is 12.5 Å². The molecule has 0 bridgehead atoms. The summed E-state index contributed by atoms with van der Waals surface area (Å²) in [4.78, 5) is 0. The van der Waals surface area contributed by atoms with Gasteiger partial charge in [-0.2, -0.15) is 0 Å². The van der Waals surface area contributed by atoms with Crippen LogP contribution in [-0.4, -0.2) is 14.2 Å². The fourth-order valence-electron chi connectivity index (χ4n) is 1.42. The Labute approximate surface area is 91.3 Å². The number of hydrogen-bond acceptors (Lipinski definition) is 2. The highest BCUT2D eigenvalue weighted by Gasteiger charge is 2.01. The van der Waals surface area contributed by atoms with Crippen LogP contribution >= 0.6 is 0 Å². The zero-order valence-corrected chi connectivity index (χ0v) is 9.50. The maximum atomic E-state index is 5.02. The average Bonchev–Trinajstić information content (AvgIpc) is 2.28. The molecule has 0 aliphatic carbocycles. The number of ether oxygens (including phenoxy) is 1. The van der Waals surface area contributed by atoms with Gasteiger partial charge in [0.05, 0.1) is 7.11 Å². The molecule has 0 fully saturated rings. The molecule has 0 atom stereocenters. The molecule has 0 aliphatic heterocycles. The molecule has 0 heterocycles. The number of benzene rings is 1. The highest BCUT2D eigenvalue weighted by molar-refractivity contribution is 5.76. The van der Waals surface area contributed by atoms with Gasteiger partial charge in [0, 0.05) is 18.3 Å². The number of allylic oxidation sites excluding steroid dienone is 2. The van der Waals surface area contributed by atoms with Gasteiger partial charge in [0.25, 0.3) is 0 Å². The van der Waals surface area contributed by atoms with Crippen molar-refractivity contribution in [2.45, 2.75) is 6.92 Å². The average molecular weight is 203 g/mol. The van der Waals surface area contributed by atoms with Crippen LogP contribution in [-0.2, 0) is 4.74 Å². The molecular weight excluding hydrogens is 186 g/mol. The molecule has 0 aliphatic rings. The molecule has 80 valence electrons. The minimum absolute atomic E-state index is 0.665. The number of nitrogens with one attached hydrogen (secondary N) is 1. The smallest absolute Gasteiger partial charge is 0.111 e. The van der Waals surface area contributed by atoms with Crippen molar-refractivity contribution in [1.82, 2.24) is 0 Å². The fraction of sp³-hybridized carbons (Fsp3) is 0.231. The molecule has 1 rings (SSSR count). The molecule has 1 N–H and O–H groups in total. The number of hydrogen-bond donors (Lipinski definition) is 1. The zero-order valence-electron chi connectivity index (χ0n) is 9.50. The molecule has 0 aromatic heterocycles. The summed E-state index contributed by atoms with van der Waals surface area (Å²) in [5.74, 6) is 0.665. The normalized spacial score (nSPS) is 11.0. The molecule has 0 saturated heterocycles. The van der Waals surface area contributed by atoms with Crippen molar-refractivity contribution in [3.8, 4) is 0 Å². The minimum atomic E-state index is 0.665. The number of para-hydroxylation sites is 1. The van der Waals surface area contributed by atoms with Crippen LogP contribution in [0.2, 0.25) is 0 Å². The van der Waals surface area contributed by atoms with E-state index in [0.29, 0.717) is 5.76 Å². The Morgan fingerprint density at radius 3 is 2.67 bits per heavy atom. The van der Waals surface area contributed by atoms with Crippen LogP contribution in [0.3, 0.4) is 0 Å². The lowest BCUT2D eigenvalue weighted by atomic mass is 10.0. The second-order valence-corrected chi connectivity index (χ2v) is 3.29. The third kappa shape index (κ3) is 2.88.